The number of carboxylic acids is 1. The number of amides is 1. The Morgan fingerprint density at radius 1 is 1.21 bits per heavy atom. The number of carboxylic acid groups (broad SMARTS) is 1. The predicted octanol–water partition coefficient (Wildman–Crippen LogP) is 2.10. The Labute approximate surface area is 164 Å². The van der Waals surface area contributed by atoms with Gasteiger partial charge in [-0.3, -0.25) is 9.48 Å². The Bertz CT molecular complexity index is 857. The van der Waals surface area contributed by atoms with Crippen LogP contribution in [0.25, 0.3) is 0 Å². The van der Waals surface area contributed by atoms with Crippen LogP contribution in [-0.4, -0.2) is 57.5 Å². The van der Waals surface area contributed by atoms with Gasteiger partial charge in [0.2, 0.25) is 5.91 Å². The number of carbonyl (C=O) groups is 2. The van der Waals surface area contributed by atoms with Crippen molar-refractivity contribution < 1.29 is 19.4 Å². The number of hydrogen-bond donors (Lipinski definition) is 1. The van der Waals surface area contributed by atoms with Crippen molar-refractivity contribution in [3.05, 3.63) is 52.3 Å². The van der Waals surface area contributed by atoms with Crippen molar-refractivity contribution in [1.29, 1.82) is 0 Å². The zero-order chi connectivity index (χ0) is 20.3. The van der Waals surface area contributed by atoms with Crippen LogP contribution in [0.1, 0.15) is 34.5 Å². The highest BCUT2D eigenvalue weighted by Crippen LogP contribution is 2.18. The molecule has 1 saturated heterocycles. The Morgan fingerprint density at radius 3 is 2.61 bits per heavy atom. The molecule has 0 saturated carbocycles. The van der Waals surface area contributed by atoms with Gasteiger partial charge in [0.05, 0.1) is 25.4 Å². The van der Waals surface area contributed by atoms with Crippen LogP contribution < -0.4 is 0 Å². The van der Waals surface area contributed by atoms with Crippen LogP contribution in [0.4, 0.5) is 0 Å². The number of benzene rings is 1. The molecule has 0 bridgehead atoms. The number of hydrogen-bond acceptors (Lipinski definition) is 4. The summed E-state index contributed by atoms with van der Waals surface area (Å²) in [5.74, 6) is -1.07. The summed E-state index contributed by atoms with van der Waals surface area (Å²) in [6, 6.07) is 8.39. The van der Waals surface area contributed by atoms with Crippen molar-refractivity contribution in [2.45, 2.75) is 46.3 Å². The van der Waals surface area contributed by atoms with Crippen molar-refractivity contribution >= 4 is 11.9 Å². The fourth-order valence-corrected chi connectivity index (χ4v) is 3.53. The highest BCUT2D eigenvalue weighted by molar-refractivity contribution is 5.79. The van der Waals surface area contributed by atoms with E-state index in [4.69, 9.17) is 9.84 Å². The van der Waals surface area contributed by atoms with E-state index < -0.39 is 12.1 Å². The summed E-state index contributed by atoms with van der Waals surface area (Å²) in [5.41, 5.74) is 5.50. The molecule has 2 heterocycles. The van der Waals surface area contributed by atoms with E-state index in [0.29, 0.717) is 25.9 Å². The maximum Gasteiger partial charge on any atom is 0.334 e. The second-order valence-corrected chi connectivity index (χ2v) is 7.33. The van der Waals surface area contributed by atoms with Crippen LogP contribution in [0.5, 0.6) is 0 Å². The first-order valence-electron chi connectivity index (χ1n) is 9.55. The molecule has 7 heteroatoms. The van der Waals surface area contributed by atoms with Gasteiger partial charge in [-0.05, 0) is 38.3 Å². The van der Waals surface area contributed by atoms with Gasteiger partial charge < -0.3 is 14.7 Å². The molecule has 2 aromatic rings. The molecule has 1 fully saturated rings. The van der Waals surface area contributed by atoms with E-state index in [-0.39, 0.29) is 19.1 Å². The van der Waals surface area contributed by atoms with Gasteiger partial charge in [0.1, 0.15) is 0 Å². The fraction of sp³-hybridized carbons (Fsp3) is 0.476. The number of carbonyl (C=O) groups excluding carboxylic acids is 1. The highest BCUT2D eigenvalue weighted by atomic mass is 16.5. The first kappa shape index (κ1) is 20.1. The lowest BCUT2D eigenvalue weighted by Crippen LogP contribution is -2.48. The van der Waals surface area contributed by atoms with Crippen molar-refractivity contribution in [3.63, 3.8) is 0 Å². The summed E-state index contributed by atoms with van der Waals surface area (Å²) in [6.45, 7) is 7.57. The number of aromatic nitrogens is 2. The average Bonchev–Trinajstić information content (AvgIpc) is 2.94. The zero-order valence-electron chi connectivity index (χ0n) is 16.6. The van der Waals surface area contributed by atoms with Gasteiger partial charge in [-0.15, -0.1) is 0 Å². The Kier molecular flexibility index (Phi) is 6.14. The molecule has 0 radical (unpaired) electrons. The van der Waals surface area contributed by atoms with Gasteiger partial charge in [-0.2, -0.15) is 5.10 Å². The van der Waals surface area contributed by atoms with Gasteiger partial charge >= 0.3 is 5.97 Å². The summed E-state index contributed by atoms with van der Waals surface area (Å²) in [7, 11) is 0. The molecule has 1 aromatic carbocycles. The van der Waals surface area contributed by atoms with Crippen LogP contribution in [-0.2, 0) is 27.3 Å². The molecule has 0 aliphatic carbocycles. The molecular formula is C21H27N3O4. The summed E-state index contributed by atoms with van der Waals surface area (Å²) in [4.78, 5) is 25.2. The van der Waals surface area contributed by atoms with Crippen LogP contribution in [0.15, 0.2) is 24.3 Å². The largest absolute Gasteiger partial charge is 0.479 e. The number of rotatable bonds is 6. The predicted molar refractivity (Wildman–Crippen MR) is 104 cm³/mol. The van der Waals surface area contributed by atoms with Crippen molar-refractivity contribution in [3.8, 4) is 0 Å². The first-order chi connectivity index (χ1) is 13.3. The third-order valence-corrected chi connectivity index (χ3v) is 5.27. The molecule has 1 aliphatic heterocycles. The van der Waals surface area contributed by atoms with Crippen molar-refractivity contribution in [2.75, 3.05) is 19.7 Å². The smallest absolute Gasteiger partial charge is 0.334 e. The minimum Gasteiger partial charge on any atom is -0.479 e. The standard InChI is InChI=1S/C21H27N3O4/c1-14-4-6-17(7-5-14)12-24-16(3)18(15(2)22-24)8-9-20(25)23-10-11-28-19(13-23)21(26)27/h4-7,19H,8-13H2,1-3H3,(H,26,27)/t19-/m1/s1. The van der Waals surface area contributed by atoms with E-state index in [9.17, 15) is 9.59 Å². The lowest BCUT2D eigenvalue weighted by Gasteiger charge is -2.31. The SMILES string of the molecule is Cc1ccc(Cn2nc(C)c(CCC(=O)N3CCO[C@@H](C(=O)O)C3)c2C)cc1. The third-order valence-electron chi connectivity index (χ3n) is 5.27. The number of aliphatic carboxylic acids is 1. The normalized spacial score (nSPS) is 17.0. The molecule has 1 atom stereocenters. The summed E-state index contributed by atoms with van der Waals surface area (Å²) >= 11 is 0. The third kappa shape index (κ3) is 4.59. The monoisotopic (exact) mass is 385 g/mol. The summed E-state index contributed by atoms with van der Waals surface area (Å²) in [5, 5.41) is 13.7. The maximum absolute atomic E-state index is 12.5. The lowest BCUT2D eigenvalue weighted by molar-refractivity contribution is -0.159. The van der Waals surface area contributed by atoms with Gasteiger partial charge in [-0.1, -0.05) is 29.8 Å². The molecule has 3 rings (SSSR count). The Morgan fingerprint density at radius 2 is 1.93 bits per heavy atom. The molecule has 1 N–H and O–H groups in total. The van der Waals surface area contributed by atoms with E-state index in [1.807, 2.05) is 18.5 Å². The maximum atomic E-state index is 12.5. The van der Waals surface area contributed by atoms with E-state index >= 15 is 0 Å². The molecule has 0 spiro atoms. The van der Waals surface area contributed by atoms with Gasteiger partial charge in [0.15, 0.2) is 6.10 Å². The summed E-state index contributed by atoms with van der Waals surface area (Å²) in [6.07, 6.45) is 0.00226. The molecule has 7 nitrogen and oxygen atoms in total. The first-order valence-corrected chi connectivity index (χ1v) is 9.55. The van der Waals surface area contributed by atoms with E-state index in [2.05, 4.69) is 36.3 Å². The number of nitrogens with zero attached hydrogens (tertiary/aromatic N) is 3. The molecular weight excluding hydrogens is 358 g/mol. The van der Waals surface area contributed by atoms with Crippen LogP contribution in [0.2, 0.25) is 0 Å². The summed E-state index contributed by atoms with van der Waals surface area (Å²) < 4.78 is 7.16. The molecule has 1 aromatic heterocycles. The van der Waals surface area contributed by atoms with Crippen LogP contribution in [0, 0.1) is 20.8 Å². The van der Waals surface area contributed by atoms with Crippen molar-refractivity contribution in [1.82, 2.24) is 14.7 Å². The molecule has 150 valence electrons. The van der Waals surface area contributed by atoms with E-state index in [0.717, 1.165) is 17.0 Å². The second kappa shape index (κ2) is 8.56. The number of aryl methyl sites for hydroxylation is 2. The Balaban J connectivity index is 1.63. The highest BCUT2D eigenvalue weighted by Gasteiger charge is 2.29. The van der Waals surface area contributed by atoms with Crippen LogP contribution in [0.3, 0.4) is 0 Å². The van der Waals surface area contributed by atoms with Crippen molar-refractivity contribution in [2.24, 2.45) is 0 Å². The lowest BCUT2D eigenvalue weighted by atomic mass is 10.1. The molecule has 1 amide bonds. The van der Waals surface area contributed by atoms with Gasteiger partial charge in [0, 0.05) is 18.7 Å². The second-order valence-electron chi connectivity index (χ2n) is 7.33. The van der Waals surface area contributed by atoms with E-state index in [1.54, 1.807) is 4.90 Å². The number of morpholine rings is 1. The quantitative estimate of drug-likeness (QED) is 0.823. The fourth-order valence-electron chi connectivity index (χ4n) is 3.53. The Hall–Kier alpha value is -2.67. The molecule has 0 unspecified atom stereocenters. The molecule has 1 aliphatic rings. The topological polar surface area (TPSA) is 84.7 Å². The zero-order valence-corrected chi connectivity index (χ0v) is 16.6. The minimum absolute atomic E-state index is 0.0420. The van der Waals surface area contributed by atoms with Gasteiger partial charge in [-0.25, -0.2) is 4.79 Å². The van der Waals surface area contributed by atoms with Crippen LogP contribution >= 0.6 is 0 Å². The molecule has 28 heavy (non-hydrogen) atoms. The number of ether oxygens (including phenoxy) is 1. The van der Waals surface area contributed by atoms with E-state index in [1.165, 1.54) is 11.1 Å². The minimum atomic E-state index is -1.03. The van der Waals surface area contributed by atoms with Gasteiger partial charge in [0.25, 0.3) is 0 Å². The average molecular weight is 385 g/mol.